The number of pyridine rings is 1. The molecular weight excluding hydrogens is 300 g/mol. The van der Waals surface area contributed by atoms with Gasteiger partial charge in [-0.1, -0.05) is 0 Å². The van der Waals surface area contributed by atoms with Crippen molar-refractivity contribution < 1.29 is 19.0 Å². The average molecular weight is 322 g/mol. The van der Waals surface area contributed by atoms with Crippen molar-refractivity contribution in [2.75, 3.05) is 51.8 Å². The lowest BCUT2D eigenvalue weighted by atomic mass is 10.2. The predicted molar refractivity (Wildman–Crippen MR) is 83.5 cm³/mol. The molecule has 0 aliphatic carbocycles. The van der Waals surface area contributed by atoms with Crippen molar-refractivity contribution in [3.63, 3.8) is 0 Å². The Labute approximate surface area is 135 Å². The summed E-state index contributed by atoms with van der Waals surface area (Å²) < 4.78 is 16.4. The highest BCUT2D eigenvalue weighted by molar-refractivity contribution is 5.89. The Bertz CT molecular complexity index is 548. The first-order valence-corrected chi connectivity index (χ1v) is 7.74. The van der Waals surface area contributed by atoms with Crippen molar-refractivity contribution in [3.8, 4) is 5.88 Å². The van der Waals surface area contributed by atoms with Gasteiger partial charge >= 0.3 is 6.03 Å². The second-order valence-electron chi connectivity index (χ2n) is 5.60. The van der Waals surface area contributed by atoms with Gasteiger partial charge in [-0.2, -0.15) is 0 Å². The SMILES string of the molecule is COc1cc(NC(=O)NCCN2CCC3(C2)OCCO3)ccn1. The molecule has 0 saturated carbocycles. The number of nitrogens with one attached hydrogen (secondary N) is 2. The first-order valence-electron chi connectivity index (χ1n) is 7.74. The van der Waals surface area contributed by atoms with Crippen LogP contribution in [0.4, 0.5) is 10.5 Å². The van der Waals surface area contributed by atoms with Crippen LogP contribution in [0.5, 0.6) is 5.88 Å². The molecule has 8 nitrogen and oxygen atoms in total. The van der Waals surface area contributed by atoms with Gasteiger partial charge in [0.1, 0.15) is 0 Å². The maximum Gasteiger partial charge on any atom is 0.319 e. The number of likely N-dealkylation sites (tertiary alicyclic amines) is 1. The normalized spacial score (nSPS) is 19.9. The molecule has 3 rings (SSSR count). The first-order chi connectivity index (χ1) is 11.2. The second-order valence-corrected chi connectivity index (χ2v) is 5.60. The summed E-state index contributed by atoms with van der Waals surface area (Å²) >= 11 is 0. The minimum atomic E-state index is -0.407. The standard InChI is InChI=1S/C15H22N4O4/c1-21-13-10-12(2-4-16-13)18-14(20)17-5-7-19-6-3-15(11-19)22-8-9-23-15/h2,4,10H,3,5-9,11H2,1H3,(H2,16,17,18,20). The zero-order chi connectivity index (χ0) is 16.1. The number of carbonyl (C=O) groups is 1. The van der Waals surface area contributed by atoms with E-state index in [4.69, 9.17) is 14.2 Å². The number of hydrogen-bond acceptors (Lipinski definition) is 6. The number of rotatable bonds is 5. The fourth-order valence-electron chi connectivity index (χ4n) is 2.85. The lowest BCUT2D eigenvalue weighted by Gasteiger charge is -2.22. The van der Waals surface area contributed by atoms with Crippen molar-refractivity contribution in [2.45, 2.75) is 12.2 Å². The van der Waals surface area contributed by atoms with E-state index >= 15 is 0 Å². The van der Waals surface area contributed by atoms with Crippen molar-refractivity contribution in [3.05, 3.63) is 18.3 Å². The van der Waals surface area contributed by atoms with Gasteiger partial charge in [0, 0.05) is 44.0 Å². The van der Waals surface area contributed by atoms with E-state index in [-0.39, 0.29) is 6.03 Å². The molecule has 1 spiro atoms. The van der Waals surface area contributed by atoms with Crippen LogP contribution in [0, 0.1) is 0 Å². The van der Waals surface area contributed by atoms with Gasteiger partial charge in [-0.25, -0.2) is 9.78 Å². The molecule has 1 aromatic heterocycles. The molecule has 0 aromatic carbocycles. The number of amides is 2. The van der Waals surface area contributed by atoms with Gasteiger partial charge in [0.25, 0.3) is 0 Å². The largest absolute Gasteiger partial charge is 0.481 e. The number of urea groups is 1. The molecule has 0 bridgehead atoms. The molecule has 2 fully saturated rings. The van der Waals surface area contributed by atoms with E-state index in [1.165, 1.54) is 7.11 Å². The lowest BCUT2D eigenvalue weighted by Crippen LogP contribution is -2.39. The quantitative estimate of drug-likeness (QED) is 0.828. The van der Waals surface area contributed by atoms with Crippen molar-refractivity contribution >= 4 is 11.7 Å². The fraction of sp³-hybridized carbons (Fsp3) is 0.600. The van der Waals surface area contributed by atoms with Crippen LogP contribution in [0.3, 0.4) is 0 Å². The maximum absolute atomic E-state index is 11.9. The molecule has 3 heterocycles. The first kappa shape index (κ1) is 16.0. The van der Waals surface area contributed by atoms with Gasteiger partial charge in [-0.15, -0.1) is 0 Å². The van der Waals surface area contributed by atoms with Gasteiger partial charge < -0.3 is 24.8 Å². The van der Waals surface area contributed by atoms with Gasteiger partial charge in [-0.3, -0.25) is 4.90 Å². The second kappa shape index (κ2) is 7.12. The molecule has 0 atom stereocenters. The van der Waals surface area contributed by atoms with Crippen LogP contribution in [0.2, 0.25) is 0 Å². The highest BCUT2D eigenvalue weighted by Gasteiger charge is 2.42. The topological polar surface area (TPSA) is 85.0 Å². The number of carbonyl (C=O) groups excluding carboxylic acids is 1. The summed E-state index contributed by atoms with van der Waals surface area (Å²) in [6.07, 6.45) is 2.47. The Hall–Kier alpha value is -1.90. The highest BCUT2D eigenvalue weighted by Crippen LogP contribution is 2.29. The molecule has 2 N–H and O–H groups in total. The highest BCUT2D eigenvalue weighted by atomic mass is 16.7. The summed E-state index contributed by atoms with van der Waals surface area (Å²) in [6.45, 7) is 4.35. The van der Waals surface area contributed by atoms with Crippen LogP contribution in [-0.2, 0) is 9.47 Å². The van der Waals surface area contributed by atoms with Crippen LogP contribution in [-0.4, -0.2) is 68.2 Å². The van der Waals surface area contributed by atoms with Gasteiger partial charge in [-0.05, 0) is 6.07 Å². The number of aromatic nitrogens is 1. The Kier molecular flexibility index (Phi) is 4.94. The Morgan fingerprint density at radius 1 is 1.48 bits per heavy atom. The van der Waals surface area contributed by atoms with E-state index < -0.39 is 5.79 Å². The molecule has 2 aliphatic rings. The van der Waals surface area contributed by atoms with E-state index in [0.29, 0.717) is 31.3 Å². The molecular formula is C15H22N4O4. The molecule has 23 heavy (non-hydrogen) atoms. The Morgan fingerprint density at radius 3 is 3.09 bits per heavy atom. The number of nitrogens with zero attached hydrogens (tertiary/aromatic N) is 2. The molecule has 126 valence electrons. The monoisotopic (exact) mass is 322 g/mol. The molecule has 0 unspecified atom stereocenters. The van der Waals surface area contributed by atoms with Gasteiger partial charge in [0.2, 0.25) is 5.88 Å². The zero-order valence-electron chi connectivity index (χ0n) is 13.2. The minimum Gasteiger partial charge on any atom is -0.481 e. The molecule has 2 saturated heterocycles. The van der Waals surface area contributed by atoms with Crippen LogP contribution in [0.25, 0.3) is 0 Å². The average Bonchev–Trinajstić information content (AvgIpc) is 3.18. The summed E-state index contributed by atoms with van der Waals surface area (Å²) in [4.78, 5) is 18.1. The fourth-order valence-corrected chi connectivity index (χ4v) is 2.85. The summed E-state index contributed by atoms with van der Waals surface area (Å²) in [5, 5.41) is 5.59. The third-order valence-corrected chi connectivity index (χ3v) is 4.00. The van der Waals surface area contributed by atoms with E-state index in [1.807, 2.05) is 0 Å². The predicted octanol–water partition coefficient (Wildman–Crippen LogP) is 0.661. The smallest absolute Gasteiger partial charge is 0.319 e. The molecule has 8 heteroatoms. The van der Waals surface area contributed by atoms with E-state index in [0.717, 1.165) is 26.1 Å². The molecule has 0 radical (unpaired) electrons. The number of methoxy groups -OCH3 is 1. The number of anilines is 1. The minimum absolute atomic E-state index is 0.250. The zero-order valence-corrected chi connectivity index (χ0v) is 13.2. The van der Waals surface area contributed by atoms with Gasteiger partial charge in [0.15, 0.2) is 5.79 Å². The molecule has 2 aliphatic heterocycles. The van der Waals surface area contributed by atoms with Crippen LogP contribution < -0.4 is 15.4 Å². The Morgan fingerprint density at radius 2 is 2.30 bits per heavy atom. The van der Waals surface area contributed by atoms with Crippen molar-refractivity contribution in [1.29, 1.82) is 0 Å². The molecule has 2 amide bonds. The lowest BCUT2D eigenvalue weighted by molar-refractivity contribution is -0.145. The number of ether oxygens (including phenoxy) is 3. The third kappa shape index (κ3) is 4.10. The summed E-state index contributed by atoms with van der Waals surface area (Å²) in [7, 11) is 1.53. The van der Waals surface area contributed by atoms with Crippen LogP contribution >= 0.6 is 0 Å². The summed E-state index contributed by atoms with van der Waals surface area (Å²) in [5.41, 5.74) is 0.641. The van der Waals surface area contributed by atoms with Gasteiger partial charge in [0.05, 0.1) is 26.9 Å². The third-order valence-electron chi connectivity index (χ3n) is 4.00. The Balaban J connectivity index is 1.38. The van der Waals surface area contributed by atoms with Crippen LogP contribution in [0.15, 0.2) is 18.3 Å². The summed E-state index contributed by atoms with van der Waals surface area (Å²) in [5.74, 6) is 0.0530. The van der Waals surface area contributed by atoms with Crippen molar-refractivity contribution in [1.82, 2.24) is 15.2 Å². The summed E-state index contributed by atoms with van der Waals surface area (Å²) in [6, 6.07) is 3.13. The number of hydrogen-bond donors (Lipinski definition) is 2. The van der Waals surface area contributed by atoms with E-state index in [1.54, 1.807) is 18.3 Å². The van der Waals surface area contributed by atoms with Crippen molar-refractivity contribution in [2.24, 2.45) is 0 Å². The van der Waals surface area contributed by atoms with Crippen LogP contribution in [0.1, 0.15) is 6.42 Å². The maximum atomic E-state index is 11.9. The molecule has 1 aromatic rings. The van der Waals surface area contributed by atoms with E-state index in [2.05, 4.69) is 20.5 Å². The van der Waals surface area contributed by atoms with E-state index in [9.17, 15) is 4.79 Å².